The summed E-state index contributed by atoms with van der Waals surface area (Å²) in [5, 5.41) is 0. The molecule has 100 valence electrons. The lowest BCUT2D eigenvalue weighted by atomic mass is 10.3. The Bertz CT molecular complexity index is 495. The van der Waals surface area contributed by atoms with E-state index in [1.165, 1.54) is 15.7 Å². The number of hydrogen-bond donors (Lipinski definition) is 1. The Morgan fingerprint density at radius 1 is 1.22 bits per heavy atom. The van der Waals surface area contributed by atoms with Crippen molar-refractivity contribution in [3.63, 3.8) is 0 Å². The number of morpholine rings is 1. The van der Waals surface area contributed by atoms with Gasteiger partial charge in [-0.3, -0.25) is 4.31 Å². The summed E-state index contributed by atoms with van der Waals surface area (Å²) in [6.45, 7) is 1.66. The average Bonchev–Trinajstić information content (AvgIpc) is 2.40. The molecule has 1 aliphatic rings. The van der Waals surface area contributed by atoms with Gasteiger partial charge in [-0.2, -0.15) is 12.7 Å². The lowest BCUT2D eigenvalue weighted by Gasteiger charge is -2.31. The summed E-state index contributed by atoms with van der Waals surface area (Å²) in [6.07, 6.45) is 0. The molecule has 0 aromatic heterocycles. The Hall–Kier alpha value is -1.31. The third-order valence-electron chi connectivity index (χ3n) is 2.90. The number of rotatable bonds is 3. The molecule has 1 saturated heterocycles. The second-order valence-corrected chi connectivity index (χ2v) is 6.04. The van der Waals surface area contributed by atoms with E-state index >= 15 is 0 Å². The molecule has 0 saturated carbocycles. The standard InChI is InChI=1S/C11H17N3O3S/c1-13(11-4-2-10(12)3-5-11)18(15,16)14-6-8-17-9-7-14/h2-5H,6-9,12H2,1H3. The fraction of sp³-hybridized carbons (Fsp3) is 0.455. The topological polar surface area (TPSA) is 75.9 Å². The third kappa shape index (κ3) is 2.58. The van der Waals surface area contributed by atoms with Crippen molar-refractivity contribution in [2.24, 2.45) is 0 Å². The summed E-state index contributed by atoms with van der Waals surface area (Å²) in [6, 6.07) is 6.74. The zero-order chi connectivity index (χ0) is 13.2. The smallest absolute Gasteiger partial charge is 0.303 e. The SMILES string of the molecule is CN(c1ccc(N)cc1)S(=O)(=O)N1CCOCC1. The molecule has 6 nitrogen and oxygen atoms in total. The van der Waals surface area contributed by atoms with Crippen LogP contribution in [0.2, 0.25) is 0 Å². The van der Waals surface area contributed by atoms with Crippen molar-refractivity contribution in [1.82, 2.24) is 4.31 Å². The van der Waals surface area contributed by atoms with Crippen LogP contribution in [-0.4, -0.2) is 46.1 Å². The van der Waals surface area contributed by atoms with Crippen molar-refractivity contribution < 1.29 is 13.2 Å². The van der Waals surface area contributed by atoms with Gasteiger partial charge in [0.2, 0.25) is 0 Å². The zero-order valence-corrected chi connectivity index (χ0v) is 11.1. The van der Waals surface area contributed by atoms with Crippen LogP contribution in [0.3, 0.4) is 0 Å². The van der Waals surface area contributed by atoms with E-state index in [0.717, 1.165) is 0 Å². The van der Waals surface area contributed by atoms with Crippen molar-refractivity contribution in [2.75, 3.05) is 43.4 Å². The summed E-state index contributed by atoms with van der Waals surface area (Å²) >= 11 is 0. The van der Waals surface area contributed by atoms with Gasteiger partial charge in [0.1, 0.15) is 0 Å². The van der Waals surface area contributed by atoms with Crippen LogP contribution in [0.15, 0.2) is 24.3 Å². The molecule has 18 heavy (non-hydrogen) atoms. The lowest BCUT2D eigenvalue weighted by molar-refractivity contribution is 0.0730. The number of nitrogens with two attached hydrogens (primary N) is 1. The van der Waals surface area contributed by atoms with Crippen LogP contribution in [0.5, 0.6) is 0 Å². The Labute approximate surface area is 107 Å². The van der Waals surface area contributed by atoms with Gasteiger partial charge in [-0.1, -0.05) is 0 Å². The molecular formula is C11H17N3O3S. The summed E-state index contributed by atoms with van der Waals surface area (Å²) in [7, 11) is -1.94. The Morgan fingerprint density at radius 3 is 2.33 bits per heavy atom. The highest BCUT2D eigenvalue weighted by Crippen LogP contribution is 2.20. The van der Waals surface area contributed by atoms with Crippen LogP contribution < -0.4 is 10.0 Å². The minimum Gasteiger partial charge on any atom is -0.399 e. The first-order chi connectivity index (χ1) is 8.51. The number of nitrogen functional groups attached to an aromatic ring is 1. The highest BCUT2D eigenvalue weighted by atomic mass is 32.2. The second-order valence-electron chi connectivity index (χ2n) is 4.08. The molecule has 2 rings (SSSR count). The number of ether oxygens (including phenoxy) is 1. The molecule has 0 amide bonds. The third-order valence-corrected chi connectivity index (χ3v) is 4.82. The van der Waals surface area contributed by atoms with Crippen molar-refractivity contribution in [2.45, 2.75) is 0 Å². The highest BCUT2D eigenvalue weighted by molar-refractivity contribution is 7.90. The first-order valence-electron chi connectivity index (χ1n) is 5.69. The maximum atomic E-state index is 12.3. The molecule has 0 bridgehead atoms. The predicted molar refractivity (Wildman–Crippen MR) is 70.6 cm³/mol. The Morgan fingerprint density at radius 2 is 1.78 bits per heavy atom. The van der Waals surface area contributed by atoms with E-state index in [2.05, 4.69) is 0 Å². The average molecular weight is 271 g/mol. The van der Waals surface area contributed by atoms with Gasteiger partial charge in [0.05, 0.1) is 18.9 Å². The molecule has 0 atom stereocenters. The van der Waals surface area contributed by atoms with Gasteiger partial charge >= 0.3 is 10.2 Å². The van der Waals surface area contributed by atoms with Crippen LogP contribution in [0.1, 0.15) is 0 Å². The number of nitrogens with zero attached hydrogens (tertiary/aromatic N) is 2. The molecule has 0 unspecified atom stereocenters. The fourth-order valence-corrected chi connectivity index (χ4v) is 3.11. The van der Waals surface area contributed by atoms with Crippen LogP contribution in [0.25, 0.3) is 0 Å². The van der Waals surface area contributed by atoms with Crippen LogP contribution >= 0.6 is 0 Å². The monoisotopic (exact) mass is 271 g/mol. The van der Waals surface area contributed by atoms with Gasteiger partial charge in [-0.05, 0) is 24.3 Å². The number of hydrogen-bond acceptors (Lipinski definition) is 4. The summed E-state index contributed by atoms with van der Waals surface area (Å²) in [5.41, 5.74) is 6.78. The fourth-order valence-electron chi connectivity index (χ4n) is 1.77. The van der Waals surface area contributed by atoms with Gasteiger partial charge in [0.15, 0.2) is 0 Å². The van der Waals surface area contributed by atoms with E-state index < -0.39 is 10.2 Å². The van der Waals surface area contributed by atoms with E-state index in [-0.39, 0.29) is 0 Å². The van der Waals surface area contributed by atoms with Crippen molar-refractivity contribution in [3.8, 4) is 0 Å². The van der Waals surface area contributed by atoms with E-state index in [9.17, 15) is 8.42 Å². The molecule has 0 spiro atoms. The minimum absolute atomic E-state index is 0.391. The molecular weight excluding hydrogens is 254 g/mol. The highest BCUT2D eigenvalue weighted by Gasteiger charge is 2.28. The normalized spacial score (nSPS) is 17.6. The number of benzene rings is 1. The second kappa shape index (κ2) is 5.13. The van der Waals surface area contributed by atoms with Gasteiger partial charge in [0, 0.05) is 25.8 Å². The van der Waals surface area contributed by atoms with E-state index in [1.54, 1.807) is 24.3 Å². The Balaban J connectivity index is 2.20. The first-order valence-corrected chi connectivity index (χ1v) is 7.09. The van der Waals surface area contributed by atoms with Gasteiger partial charge in [-0.25, -0.2) is 0 Å². The molecule has 1 aromatic rings. The van der Waals surface area contributed by atoms with E-state index in [1.807, 2.05) is 0 Å². The summed E-state index contributed by atoms with van der Waals surface area (Å²) in [4.78, 5) is 0. The van der Waals surface area contributed by atoms with Gasteiger partial charge in [-0.15, -0.1) is 0 Å². The Kier molecular flexibility index (Phi) is 3.74. The molecule has 0 aliphatic carbocycles. The van der Waals surface area contributed by atoms with Gasteiger partial charge < -0.3 is 10.5 Å². The van der Waals surface area contributed by atoms with Gasteiger partial charge in [0.25, 0.3) is 0 Å². The first kappa shape index (κ1) is 13.1. The molecule has 1 aliphatic heterocycles. The molecule has 7 heteroatoms. The van der Waals surface area contributed by atoms with Crippen molar-refractivity contribution >= 4 is 21.6 Å². The predicted octanol–water partition coefficient (Wildman–Crippen LogP) is 0.282. The minimum atomic E-state index is -3.48. The molecule has 1 heterocycles. The van der Waals surface area contributed by atoms with Crippen LogP contribution in [0, 0.1) is 0 Å². The number of anilines is 2. The molecule has 0 radical (unpaired) electrons. The van der Waals surface area contributed by atoms with Crippen molar-refractivity contribution in [1.29, 1.82) is 0 Å². The van der Waals surface area contributed by atoms with E-state index in [4.69, 9.17) is 10.5 Å². The quantitative estimate of drug-likeness (QED) is 0.801. The van der Waals surface area contributed by atoms with E-state index in [0.29, 0.717) is 37.7 Å². The maximum absolute atomic E-state index is 12.3. The maximum Gasteiger partial charge on any atom is 0.303 e. The zero-order valence-electron chi connectivity index (χ0n) is 10.2. The molecule has 1 fully saturated rings. The summed E-state index contributed by atoms with van der Waals surface area (Å²) < 4.78 is 32.5. The molecule has 2 N–H and O–H groups in total. The summed E-state index contributed by atoms with van der Waals surface area (Å²) in [5.74, 6) is 0. The largest absolute Gasteiger partial charge is 0.399 e. The van der Waals surface area contributed by atoms with Crippen LogP contribution in [-0.2, 0) is 14.9 Å². The molecule has 1 aromatic carbocycles. The lowest BCUT2D eigenvalue weighted by Crippen LogP contribution is -2.47. The van der Waals surface area contributed by atoms with Crippen LogP contribution in [0.4, 0.5) is 11.4 Å². The van der Waals surface area contributed by atoms with Crippen molar-refractivity contribution in [3.05, 3.63) is 24.3 Å².